The summed E-state index contributed by atoms with van der Waals surface area (Å²) in [5.41, 5.74) is 0. The van der Waals surface area contributed by atoms with Gasteiger partial charge in [0.1, 0.15) is 0 Å². The molecule has 0 heterocycles. The molecule has 11 heavy (non-hydrogen) atoms. The first kappa shape index (κ1) is 10.9. The molecule has 0 saturated heterocycles. The Morgan fingerprint density at radius 1 is 0.909 bits per heavy atom. The summed E-state index contributed by atoms with van der Waals surface area (Å²) in [7, 11) is 2.17. The van der Waals surface area contributed by atoms with Crippen LogP contribution >= 0.6 is 0 Å². The van der Waals surface area contributed by atoms with Gasteiger partial charge in [-0.15, -0.1) is 0 Å². The summed E-state index contributed by atoms with van der Waals surface area (Å²) in [4.78, 5) is 0. The largest absolute Gasteiger partial charge is 0.245 e. The molecule has 0 N–H and O–H groups in total. The van der Waals surface area contributed by atoms with Crippen LogP contribution in [0.2, 0.25) is 0 Å². The van der Waals surface area contributed by atoms with Crippen molar-refractivity contribution in [3.05, 3.63) is 0 Å². The van der Waals surface area contributed by atoms with Crippen molar-refractivity contribution in [2.75, 3.05) is 26.7 Å². The second-order valence-electron chi connectivity index (χ2n) is 2.93. The molecule has 2 nitrogen and oxygen atoms in total. The molecule has 0 aliphatic heterocycles. The van der Waals surface area contributed by atoms with Crippen LogP contribution in [0.3, 0.4) is 0 Å². The van der Waals surface area contributed by atoms with E-state index in [1.165, 1.54) is 25.9 Å². The maximum atomic E-state index is 2.39. The predicted molar refractivity (Wildman–Crippen MR) is 50.5 cm³/mol. The minimum atomic E-state index is 1.13. The van der Waals surface area contributed by atoms with Crippen LogP contribution in [0.5, 0.6) is 0 Å². The summed E-state index contributed by atoms with van der Waals surface area (Å²) in [5, 5.41) is 4.72. The van der Waals surface area contributed by atoms with Gasteiger partial charge in [0.2, 0.25) is 0 Å². The molecule has 0 aromatic carbocycles. The maximum absolute atomic E-state index is 2.39. The lowest BCUT2D eigenvalue weighted by atomic mass is 10.4. The fraction of sp³-hybridized carbons (Fsp3) is 1.00. The monoisotopic (exact) mass is 158 g/mol. The van der Waals surface area contributed by atoms with E-state index in [1.807, 2.05) is 0 Å². The lowest BCUT2D eigenvalue weighted by Crippen LogP contribution is -2.40. The van der Waals surface area contributed by atoms with E-state index in [4.69, 9.17) is 0 Å². The zero-order valence-electron chi connectivity index (χ0n) is 8.43. The second-order valence-corrected chi connectivity index (χ2v) is 2.93. The van der Waals surface area contributed by atoms with Crippen molar-refractivity contribution in [2.45, 2.75) is 33.6 Å². The van der Waals surface area contributed by atoms with Crippen LogP contribution in [0.15, 0.2) is 0 Å². The SMILES string of the molecule is CCCN(C)N(CC)CCC. The average Bonchev–Trinajstić information content (AvgIpc) is 2.00. The molecule has 0 bridgehead atoms. The van der Waals surface area contributed by atoms with Gasteiger partial charge in [0.15, 0.2) is 0 Å². The third-order valence-corrected chi connectivity index (χ3v) is 1.88. The van der Waals surface area contributed by atoms with Gasteiger partial charge >= 0.3 is 0 Å². The van der Waals surface area contributed by atoms with Gasteiger partial charge in [0.25, 0.3) is 0 Å². The zero-order chi connectivity index (χ0) is 8.69. The molecule has 0 aromatic rings. The Bertz CT molecular complexity index is 83.6. The van der Waals surface area contributed by atoms with Crippen molar-refractivity contribution in [1.29, 1.82) is 0 Å². The highest BCUT2D eigenvalue weighted by molar-refractivity contribution is 4.49. The number of hydrogen-bond acceptors (Lipinski definition) is 2. The quantitative estimate of drug-likeness (QED) is 0.545. The summed E-state index contributed by atoms with van der Waals surface area (Å²) in [6, 6.07) is 0. The minimum absolute atomic E-state index is 1.13. The van der Waals surface area contributed by atoms with Crippen molar-refractivity contribution in [2.24, 2.45) is 0 Å². The first-order valence-corrected chi connectivity index (χ1v) is 4.72. The van der Waals surface area contributed by atoms with E-state index in [9.17, 15) is 0 Å². The van der Waals surface area contributed by atoms with E-state index < -0.39 is 0 Å². The van der Waals surface area contributed by atoms with Crippen molar-refractivity contribution >= 4 is 0 Å². The molecule has 0 radical (unpaired) electrons. The van der Waals surface area contributed by atoms with E-state index >= 15 is 0 Å². The summed E-state index contributed by atoms with van der Waals surface area (Å²) in [6.45, 7) is 10.1. The molecule has 0 spiro atoms. The third kappa shape index (κ3) is 4.38. The first-order valence-electron chi connectivity index (χ1n) is 4.72. The Balaban J connectivity index is 3.61. The van der Waals surface area contributed by atoms with Crippen molar-refractivity contribution < 1.29 is 0 Å². The molecule has 0 fully saturated rings. The topological polar surface area (TPSA) is 6.48 Å². The highest BCUT2D eigenvalue weighted by Gasteiger charge is 2.05. The van der Waals surface area contributed by atoms with Gasteiger partial charge in [-0.2, -0.15) is 0 Å². The van der Waals surface area contributed by atoms with Crippen LogP contribution in [-0.4, -0.2) is 36.7 Å². The lowest BCUT2D eigenvalue weighted by molar-refractivity contribution is 0.00491. The predicted octanol–water partition coefficient (Wildman–Crippen LogP) is 1.98. The molecule has 0 saturated carbocycles. The van der Waals surface area contributed by atoms with Crippen LogP contribution in [0, 0.1) is 0 Å². The first-order chi connectivity index (χ1) is 5.26. The van der Waals surface area contributed by atoms with Gasteiger partial charge in [-0.1, -0.05) is 20.8 Å². The molecule has 0 unspecified atom stereocenters. The standard InChI is InChI=1S/C9H22N2/c1-5-8-10(4)11(7-3)9-6-2/h5-9H2,1-4H3. The molecule has 0 rings (SSSR count). The molecule has 0 aliphatic carbocycles. The van der Waals surface area contributed by atoms with Crippen LogP contribution in [0.1, 0.15) is 33.6 Å². The van der Waals surface area contributed by atoms with Crippen LogP contribution < -0.4 is 0 Å². The van der Waals surface area contributed by atoms with Gasteiger partial charge in [-0.25, -0.2) is 10.0 Å². The molecular formula is C9H22N2. The van der Waals surface area contributed by atoms with E-state index in [1.54, 1.807) is 0 Å². The summed E-state index contributed by atoms with van der Waals surface area (Å²) in [6.07, 6.45) is 2.47. The lowest BCUT2D eigenvalue weighted by Gasteiger charge is -2.30. The molecular weight excluding hydrogens is 136 g/mol. The smallest absolute Gasteiger partial charge is 0.0130 e. The fourth-order valence-electron chi connectivity index (χ4n) is 1.29. The van der Waals surface area contributed by atoms with E-state index in [2.05, 4.69) is 37.8 Å². The van der Waals surface area contributed by atoms with Gasteiger partial charge in [0, 0.05) is 26.7 Å². The van der Waals surface area contributed by atoms with Crippen molar-refractivity contribution in [3.63, 3.8) is 0 Å². The Kier molecular flexibility index (Phi) is 6.57. The number of hydrazine groups is 1. The van der Waals surface area contributed by atoms with E-state index in [-0.39, 0.29) is 0 Å². The molecule has 68 valence electrons. The zero-order valence-corrected chi connectivity index (χ0v) is 8.43. The second kappa shape index (κ2) is 6.62. The van der Waals surface area contributed by atoms with Gasteiger partial charge < -0.3 is 0 Å². The van der Waals surface area contributed by atoms with Gasteiger partial charge in [-0.3, -0.25) is 0 Å². The summed E-state index contributed by atoms with van der Waals surface area (Å²) < 4.78 is 0. The third-order valence-electron chi connectivity index (χ3n) is 1.88. The van der Waals surface area contributed by atoms with E-state index in [0.29, 0.717) is 0 Å². The van der Waals surface area contributed by atoms with Gasteiger partial charge in [0.05, 0.1) is 0 Å². The minimum Gasteiger partial charge on any atom is -0.245 e. The van der Waals surface area contributed by atoms with Gasteiger partial charge in [-0.05, 0) is 12.8 Å². The molecule has 0 atom stereocenters. The molecule has 0 aromatic heterocycles. The number of nitrogens with zero attached hydrogens (tertiary/aromatic N) is 2. The normalized spacial score (nSPS) is 11.5. The number of hydrogen-bond donors (Lipinski definition) is 0. The Morgan fingerprint density at radius 3 is 1.82 bits per heavy atom. The average molecular weight is 158 g/mol. The van der Waals surface area contributed by atoms with Crippen molar-refractivity contribution in [3.8, 4) is 0 Å². The van der Waals surface area contributed by atoms with E-state index in [0.717, 1.165) is 6.54 Å². The Labute approximate surface area is 71.1 Å². The Hall–Kier alpha value is -0.0800. The highest BCUT2D eigenvalue weighted by atomic mass is 15.6. The van der Waals surface area contributed by atoms with Crippen LogP contribution in [0.25, 0.3) is 0 Å². The van der Waals surface area contributed by atoms with Crippen LogP contribution in [0.4, 0.5) is 0 Å². The maximum Gasteiger partial charge on any atom is 0.0130 e. The van der Waals surface area contributed by atoms with Crippen LogP contribution in [-0.2, 0) is 0 Å². The number of rotatable bonds is 6. The Morgan fingerprint density at radius 2 is 1.45 bits per heavy atom. The summed E-state index contributed by atoms with van der Waals surface area (Å²) >= 11 is 0. The fourth-order valence-corrected chi connectivity index (χ4v) is 1.29. The molecule has 0 aliphatic rings. The highest BCUT2D eigenvalue weighted by Crippen LogP contribution is 1.96. The van der Waals surface area contributed by atoms with Crippen molar-refractivity contribution in [1.82, 2.24) is 10.0 Å². The molecule has 2 heteroatoms. The molecule has 0 amide bonds. The summed E-state index contributed by atoms with van der Waals surface area (Å²) in [5.74, 6) is 0.